The fourth-order valence-electron chi connectivity index (χ4n) is 2.63. The molecule has 2 amide bonds. The van der Waals surface area contributed by atoms with Gasteiger partial charge in [0.05, 0.1) is 17.7 Å². The number of nitrogens with one attached hydrogen (secondary N) is 2. The lowest BCUT2D eigenvalue weighted by Crippen LogP contribution is -2.45. The minimum atomic E-state index is -0.658. The molecule has 3 rings (SSSR count). The van der Waals surface area contributed by atoms with Crippen molar-refractivity contribution in [2.75, 3.05) is 6.79 Å². The molecule has 0 saturated heterocycles. The maximum atomic E-state index is 12.5. The van der Waals surface area contributed by atoms with Crippen LogP contribution in [-0.2, 0) is 9.53 Å². The van der Waals surface area contributed by atoms with Crippen molar-refractivity contribution >= 4 is 27.9 Å². The molecule has 2 aliphatic rings. The van der Waals surface area contributed by atoms with E-state index in [0.717, 1.165) is 0 Å². The van der Waals surface area contributed by atoms with Crippen molar-refractivity contribution in [2.24, 2.45) is 0 Å². The molecule has 24 heavy (non-hydrogen) atoms. The lowest BCUT2D eigenvalue weighted by atomic mass is 9.95. The summed E-state index contributed by atoms with van der Waals surface area (Å²) in [5.41, 5.74) is 1.49. The number of amides is 2. The average Bonchev–Trinajstić information content (AvgIpc) is 2.91. The van der Waals surface area contributed by atoms with Gasteiger partial charge in [-0.15, -0.1) is 0 Å². The topological polar surface area (TPSA) is 85.9 Å². The first kappa shape index (κ1) is 16.6. The number of fused-ring (bicyclic) bond motifs is 1. The molecule has 1 atom stereocenters. The van der Waals surface area contributed by atoms with Crippen LogP contribution in [0.2, 0.25) is 0 Å². The predicted molar refractivity (Wildman–Crippen MR) is 88.6 cm³/mol. The highest BCUT2D eigenvalue weighted by molar-refractivity contribution is 9.10. The SMILES string of the molecule is CC1=C(C(=O)OC(C)C)[C@H](c2cc3c(cc2Br)OCO3)NC(=O)N1. The number of benzene rings is 1. The molecule has 0 aliphatic carbocycles. The Morgan fingerprint density at radius 2 is 2.00 bits per heavy atom. The first-order valence-electron chi connectivity index (χ1n) is 7.45. The van der Waals surface area contributed by atoms with E-state index in [1.54, 1.807) is 32.9 Å². The molecule has 1 aromatic carbocycles. The van der Waals surface area contributed by atoms with Gasteiger partial charge in [-0.05, 0) is 38.5 Å². The van der Waals surface area contributed by atoms with E-state index >= 15 is 0 Å². The van der Waals surface area contributed by atoms with E-state index in [0.29, 0.717) is 32.8 Å². The van der Waals surface area contributed by atoms with Crippen LogP contribution in [0.4, 0.5) is 4.79 Å². The second-order valence-corrected chi connectivity index (χ2v) is 6.61. The summed E-state index contributed by atoms with van der Waals surface area (Å²) in [4.78, 5) is 24.4. The minimum Gasteiger partial charge on any atom is -0.459 e. The normalized spacial score (nSPS) is 19.2. The van der Waals surface area contributed by atoms with E-state index < -0.39 is 12.0 Å². The van der Waals surface area contributed by atoms with Crippen LogP contribution in [0, 0.1) is 0 Å². The van der Waals surface area contributed by atoms with Gasteiger partial charge in [-0.1, -0.05) is 15.9 Å². The molecular formula is C16H17BrN2O5. The molecule has 0 unspecified atom stereocenters. The Morgan fingerprint density at radius 1 is 1.33 bits per heavy atom. The van der Waals surface area contributed by atoms with Crippen LogP contribution in [0.15, 0.2) is 27.9 Å². The maximum Gasteiger partial charge on any atom is 0.338 e. The Hall–Kier alpha value is -2.22. The Labute approximate surface area is 147 Å². The number of ether oxygens (including phenoxy) is 3. The maximum absolute atomic E-state index is 12.5. The van der Waals surface area contributed by atoms with E-state index in [4.69, 9.17) is 14.2 Å². The summed E-state index contributed by atoms with van der Waals surface area (Å²) in [5, 5.41) is 5.38. The quantitative estimate of drug-likeness (QED) is 0.767. The number of hydrogen-bond donors (Lipinski definition) is 2. The zero-order chi connectivity index (χ0) is 17.4. The van der Waals surface area contributed by atoms with Gasteiger partial charge in [0.15, 0.2) is 11.5 Å². The third-order valence-corrected chi connectivity index (χ3v) is 4.32. The summed E-state index contributed by atoms with van der Waals surface area (Å²) in [6.45, 7) is 5.35. The van der Waals surface area contributed by atoms with Gasteiger partial charge < -0.3 is 24.8 Å². The molecule has 0 radical (unpaired) electrons. The summed E-state index contributed by atoms with van der Waals surface area (Å²) in [7, 11) is 0. The first-order valence-corrected chi connectivity index (χ1v) is 8.24. The lowest BCUT2D eigenvalue weighted by molar-refractivity contribution is -0.143. The lowest BCUT2D eigenvalue weighted by Gasteiger charge is -2.29. The molecule has 2 N–H and O–H groups in total. The Morgan fingerprint density at radius 3 is 2.67 bits per heavy atom. The zero-order valence-corrected chi connectivity index (χ0v) is 15.0. The van der Waals surface area contributed by atoms with Crippen LogP contribution in [0.3, 0.4) is 0 Å². The van der Waals surface area contributed by atoms with Crippen LogP contribution in [0.5, 0.6) is 11.5 Å². The fraction of sp³-hybridized carbons (Fsp3) is 0.375. The van der Waals surface area contributed by atoms with Crippen molar-refractivity contribution in [3.8, 4) is 11.5 Å². The smallest absolute Gasteiger partial charge is 0.338 e. The molecule has 0 spiro atoms. The second kappa shape index (κ2) is 6.35. The summed E-state index contributed by atoms with van der Waals surface area (Å²) >= 11 is 3.47. The number of urea groups is 1. The van der Waals surface area contributed by atoms with Crippen LogP contribution in [-0.4, -0.2) is 24.9 Å². The molecular weight excluding hydrogens is 380 g/mol. The summed E-state index contributed by atoms with van der Waals surface area (Å²) in [6.07, 6.45) is -0.267. The monoisotopic (exact) mass is 396 g/mol. The Bertz CT molecular complexity index is 744. The van der Waals surface area contributed by atoms with Crippen molar-refractivity contribution < 1.29 is 23.8 Å². The van der Waals surface area contributed by atoms with Gasteiger partial charge in [0.2, 0.25) is 6.79 Å². The van der Waals surface area contributed by atoms with Gasteiger partial charge in [0.25, 0.3) is 0 Å². The fourth-order valence-corrected chi connectivity index (χ4v) is 3.18. The molecule has 7 nitrogen and oxygen atoms in total. The number of rotatable bonds is 3. The van der Waals surface area contributed by atoms with Crippen LogP contribution >= 0.6 is 15.9 Å². The molecule has 8 heteroatoms. The third-order valence-electron chi connectivity index (χ3n) is 3.63. The van der Waals surface area contributed by atoms with Gasteiger partial charge in [0, 0.05) is 10.2 Å². The van der Waals surface area contributed by atoms with Crippen LogP contribution in [0.1, 0.15) is 32.4 Å². The molecule has 128 valence electrons. The molecule has 0 fully saturated rings. The van der Waals surface area contributed by atoms with E-state index in [-0.39, 0.29) is 18.9 Å². The summed E-state index contributed by atoms with van der Waals surface area (Å²) in [5.74, 6) is 0.692. The summed E-state index contributed by atoms with van der Waals surface area (Å²) < 4.78 is 16.7. The molecule has 2 heterocycles. The number of esters is 1. The van der Waals surface area contributed by atoms with Crippen LogP contribution in [0.25, 0.3) is 0 Å². The number of allylic oxidation sites excluding steroid dienone is 1. The highest BCUT2D eigenvalue weighted by Gasteiger charge is 2.34. The van der Waals surface area contributed by atoms with Gasteiger partial charge >= 0.3 is 12.0 Å². The Kier molecular flexibility index (Phi) is 4.40. The largest absolute Gasteiger partial charge is 0.459 e. The average molecular weight is 397 g/mol. The standard InChI is InChI=1S/C16H17BrN2O5/c1-7(2)24-15(20)13-8(3)18-16(21)19-14(13)9-4-11-12(5-10(9)17)23-6-22-11/h4-5,7,14H,6H2,1-3H3,(H2,18,19,21)/t14-/m0/s1. The molecule has 0 aromatic heterocycles. The molecule has 1 aromatic rings. The predicted octanol–water partition coefficient (Wildman–Crippen LogP) is 2.76. The highest BCUT2D eigenvalue weighted by Crippen LogP contribution is 2.41. The first-order chi connectivity index (χ1) is 11.4. The van der Waals surface area contributed by atoms with Gasteiger partial charge in [-0.3, -0.25) is 0 Å². The number of hydrogen-bond acceptors (Lipinski definition) is 5. The van der Waals surface area contributed by atoms with Crippen molar-refractivity contribution in [1.29, 1.82) is 0 Å². The van der Waals surface area contributed by atoms with E-state index in [1.165, 1.54) is 0 Å². The van der Waals surface area contributed by atoms with Crippen molar-refractivity contribution in [3.63, 3.8) is 0 Å². The second-order valence-electron chi connectivity index (χ2n) is 5.75. The van der Waals surface area contributed by atoms with Crippen molar-refractivity contribution in [2.45, 2.75) is 32.9 Å². The molecule has 0 saturated carbocycles. The van der Waals surface area contributed by atoms with Gasteiger partial charge in [-0.25, -0.2) is 9.59 Å². The Balaban J connectivity index is 2.05. The molecule has 0 bridgehead atoms. The van der Waals surface area contributed by atoms with Crippen LogP contribution < -0.4 is 20.1 Å². The van der Waals surface area contributed by atoms with E-state index in [1.807, 2.05) is 0 Å². The van der Waals surface area contributed by atoms with Gasteiger partial charge in [-0.2, -0.15) is 0 Å². The number of carbonyl (C=O) groups excluding carboxylic acids is 2. The highest BCUT2D eigenvalue weighted by atomic mass is 79.9. The number of carbonyl (C=O) groups is 2. The summed E-state index contributed by atoms with van der Waals surface area (Å²) in [6, 6.07) is 2.46. The van der Waals surface area contributed by atoms with E-state index in [2.05, 4.69) is 26.6 Å². The van der Waals surface area contributed by atoms with Gasteiger partial charge in [0.1, 0.15) is 0 Å². The van der Waals surface area contributed by atoms with E-state index in [9.17, 15) is 9.59 Å². The zero-order valence-electron chi connectivity index (χ0n) is 13.4. The molecule has 2 aliphatic heterocycles. The third kappa shape index (κ3) is 3.06. The van der Waals surface area contributed by atoms with Crippen molar-refractivity contribution in [3.05, 3.63) is 33.4 Å². The minimum absolute atomic E-state index is 0.140. The van der Waals surface area contributed by atoms with Crippen molar-refractivity contribution in [1.82, 2.24) is 10.6 Å². The number of halogens is 1.